The van der Waals surface area contributed by atoms with Crippen LogP contribution in [-0.2, 0) is 11.2 Å². The molecule has 0 atom stereocenters. The summed E-state index contributed by atoms with van der Waals surface area (Å²) in [4.78, 5) is 16.0. The zero-order valence-corrected chi connectivity index (χ0v) is 13.4. The summed E-state index contributed by atoms with van der Waals surface area (Å²) in [6, 6.07) is 12.5. The number of benzene rings is 2. The number of esters is 1. The van der Waals surface area contributed by atoms with Crippen LogP contribution in [-0.4, -0.2) is 23.2 Å². The molecule has 0 bridgehead atoms. The number of carbonyl (C=O) groups excluding carboxylic acids is 1. The topological polar surface area (TPSA) is 74.5 Å². The van der Waals surface area contributed by atoms with Crippen LogP contribution in [0.5, 0.6) is 11.5 Å². The van der Waals surface area contributed by atoms with Crippen molar-refractivity contribution in [2.75, 3.05) is 7.11 Å². The van der Waals surface area contributed by atoms with E-state index in [0.717, 1.165) is 11.3 Å². The van der Waals surface area contributed by atoms with Gasteiger partial charge in [0.2, 0.25) is 11.7 Å². The van der Waals surface area contributed by atoms with Gasteiger partial charge in [-0.2, -0.15) is 4.98 Å². The number of carbonyl (C=O) groups is 1. The van der Waals surface area contributed by atoms with Crippen LogP contribution in [0.1, 0.15) is 12.3 Å². The van der Waals surface area contributed by atoms with Crippen molar-refractivity contribution in [1.82, 2.24) is 10.1 Å². The van der Waals surface area contributed by atoms with E-state index in [1.807, 2.05) is 12.1 Å². The molecule has 1 heterocycles. The summed E-state index contributed by atoms with van der Waals surface area (Å²) in [7, 11) is 1.59. The van der Waals surface area contributed by atoms with Crippen molar-refractivity contribution in [3.63, 3.8) is 0 Å². The highest BCUT2D eigenvalue weighted by atomic mass is 19.1. The summed E-state index contributed by atoms with van der Waals surface area (Å²) < 4.78 is 28.1. The van der Waals surface area contributed by atoms with E-state index >= 15 is 0 Å². The highest BCUT2D eigenvalue weighted by molar-refractivity contribution is 5.72. The Labute approximate surface area is 143 Å². The summed E-state index contributed by atoms with van der Waals surface area (Å²) in [5.74, 6) is 0.936. The Morgan fingerprint density at radius 1 is 1.08 bits per heavy atom. The lowest BCUT2D eigenvalue weighted by atomic mass is 10.2. The third-order valence-corrected chi connectivity index (χ3v) is 3.40. The zero-order valence-electron chi connectivity index (χ0n) is 13.4. The maximum absolute atomic E-state index is 12.8. The van der Waals surface area contributed by atoms with Crippen LogP contribution >= 0.6 is 0 Å². The van der Waals surface area contributed by atoms with Gasteiger partial charge in [-0.05, 0) is 48.5 Å². The molecule has 0 saturated carbocycles. The predicted molar refractivity (Wildman–Crippen MR) is 86.6 cm³/mol. The first-order chi connectivity index (χ1) is 12.1. The summed E-state index contributed by atoms with van der Waals surface area (Å²) >= 11 is 0. The van der Waals surface area contributed by atoms with Gasteiger partial charge >= 0.3 is 5.97 Å². The van der Waals surface area contributed by atoms with E-state index in [4.69, 9.17) is 14.0 Å². The molecule has 0 aliphatic heterocycles. The average molecular weight is 342 g/mol. The van der Waals surface area contributed by atoms with Crippen LogP contribution in [0.4, 0.5) is 4.39 Å². The molecule has 0 unspecified atom stereocenters. The fraction of sp³-hybridized carbons (Fsp3) is 0.167. The lowest BCUT2D eigenvalue weighted by Crippen LogP contribution is -2.09. The second-order valence-corrected chi connectivity index (χ2v) is 5.17. The Kier molecular flexibility index (Phi) is 5.03. The number of methoxy groups -OCH3 is 1. The number of nitrogens with zero attached hydrogens (tertiary/aromatic N) is 2. The van der Waals surface area contributed by atoms with Crippen LogP contribution in [0.2, 0.25) is 0 Å². The largest absolute Gasteiger partial charge is 0.497 e. The van der Waals surface area contributed by atoms with Gasteiger partial charge in [-0.3, -0.25) is 4.79 Å². The molecular weight excluding hydrogens is 327 g/mol. The van der Waals surface area contributed by atoms with Crippen molar-refractivity contribution >= 4 is 5.97 Å². The van der Waals surface area contributed by atoms with E-state index in [-0.39, 0.29) is 18.6 Å². The number of hydrogen-bond acceptors (Lipinski definition) is 6. The van der Waals surface area contributed by atoms with Gasteiger partial charge in [0.1, 0.15) is 17.3 Å². The number of rotatable bonds is 6. The Morgan fingerprint density at radius 2 is 1.76 bits per heavy atom. The second-order valence-electron chi connectivity index (χ2n) is 5.17. The number of aromatic nitrogens is 2. The van der Waals surface area contributed by atoms with Crippen molar-refractivity contribution in [3.05, 3.63) is 60.2 Å². The Balaban J connectivity index is 1.55. The molecule has 0 aliphatic carbocycles. The summed E-state index contributed by atoms with van der Waals surface area (Å²) in [6.45, 7) is 0. The first-order valence-corrected chi connectivity index (χ1v) is 7.57. The Morgan fingerprint density at radius 3 is 2.44 bits per heavy atom. The molecule has 0 radical (unpaired) electrons. The minimum Gasteiger partial charge on any atom is -0.497 e. The molecule has 0 aliphatic rings. The van der Waals surface area contributed by atoms with Crippen molar-refractivity contribution in [2.45, 2.75) is 12.8 Å². The monoisotopic (exact) mass is 342 g/mol. The van der Waals surface area contributed by atoms with E-state index in [9.17, 15) is 9.18 Å². The zero-order chi connectivity index (χ0) is 17.6. The molecule has 25 heavy (non-hydrogen) atoms. The molecule has 2 aromatic carbocycles. The van der Waals surface area contributed by atoms with Gasteiger partial charge in [0.15, 0.2) is 0 Å². The fourth-order valence-electron chi connectivity index (χ4n) is 2.11. The molecule has 3 aromatic rings. The highest BCUT2D eigenvalue weighted by Gasteiger charge is 2.12. The molecule has 0 amide bonds. The number of hydrogen-bond donors (Lipinski definition) is 0. The summed E-state index contributed by atoms with van der Waals surface area (Å²) in [6.07, 6.45) is 0.324. The molecule has 0 spiro atoms. The van der Waals surface area contributed by atoms with Gasteiger partial charge in [0.05, 0.1) is 13.5 Å². The average Bonchev–Trinajstić information content (AvgIpc) is 3.11. The Bertz CT molecular complexity index is 844. The van der Waals surface area contributed by atoms with E-state index < -0.39 is 11.8 Å². The predicted octanol–water partition coefficient (Wildman–Crippen LogP) is 3.42. The van der Waals surface area contributed by atoms with Crippen molar-refractivity contribution in [2.24, 2.45) is 0 Å². The molecular formula is C18H15FN2O4. The first kappa shape index (κ1) is 16.6. The van der Waals surface area contributed by atoms with E-state index in [0.29, 0.717) is 11.7 Å². The molecule has 128 valence electrons. The van der Waals surface area contributed by atoms with Crippen LogP contribution in [0.15, 0.2) is 53.1 Å². The highest BCUT2D eigenvalue weighted by Crippen LogP contribution is 2.20. The fourth-order valence-corrected chi connectivity index (χ4v) is 2.11. The van der Waals surface area contributed by atoms with Gasteiger partial charge in [-0.25, -0.2) is 4.39 Å². The van der Waals surface area contributed by atoms with E-state index in [2.05, 4.69) is 10.1 Å². The minimum absolute atomic E-state index is 0.0711. The van der Waals surface area contributed by atoms with Gasteiger partial charge in [-0.1, -0.05) is 5.16 Å². The molecule has 6 nitrogen and oxygen atoms in total. The standard InChI is InChI=1S/C18H15FN2O4/c1-23-14-6-2-12(3-7-14)18-20-16(25-21-18)10-11-17(22)24-15-8-4-13(19)5-9-15/h2-9H,10-11H2,1H3. The van der Waals surface area contributed by atoms with Gasteiger partial charge in [0.25, 0.3) is 0 Å². The van der Waals surface area contributed by atoms with Gasteiger partial charge in [-0.15, -0.1) is 0 Å². The third-order valence-electron chi connectivity index (χ3n) is 3.40. The van der Waals surface area contributed by atoms with Crippen LogP contribution in [0.25, 0.3) is 11.4 Å². The number of aryl methyl sites for hydroxylation is 1. The molecule has 0 fully saturated rings. The third kappa shape index (κ3) is 4.41. The van der Waals surface area contributed by atoms with E-state index in [1.165, 1.54) is 24.3 Å². The Hall–Kier alpha value is -3.22. The normalized spacial score (nSPS) is 10.5. The number of ether oxygens (including phenoxy) is 2. The summed E-state index contributed by atoms with van der Waals surface area (Å²) in [5, 5.41) is 3.89. The van der Waals surface area contributed by atoms with E-state index in [1.54, 1.807) is 19.2 Å². The number of halogens is 1. The van der Waals surface area contributed by atoms with Crippen LogP contribution in [0.3, 0.4) is 0 Å². The maximum Gasteiger partial charge on any atom is 0.311 e. The molecule has 0 saturated heterocycles. The van der Waals surface area contributed by atoms with Crippen LogP contribution < -0.4 is 9.47 Å². The molecule has 7 heteroatoms. The van der Waals surface area contributed by atoms with Crippen molar-refractivity contribution < 1.29 is 23.2 Å². The SMILES string of the molecule is COc1ccc(-c2noc(CCC(=O)Oc3ccc(F)cc3)n2)cc1. The van der Waals surface area contributed by atoms with Gasteiger partial charge in [0, 0.05) is 12.0 Å². The first-order valence-electron chi connectivity index (χ1n) is 7.57. The maximum atomic E-state index is 12.8. The minimum atomic E-state index is -0.462. The summed E-state index contributed by atoms with van der Waals surface area (Å²) in [5.41, 5.74) is 0.782. The smallest absolute Gasteiger partial charge is 0.311 e. The van der Waals surface area contributed by atoms with Gasteiger partial charge < -0.3 is 14.0 Å². The second kappa shape index (κ2) is 7.57. The lowest BCUT2D eigenvalue weighted by molar-refractivity contribution is -0.134. The quantitative estimate of drug-likeness (QED) is 0.505. The van der Waals surface area contributed by atoms with Crippen LogP contribution in [0, 0.1) is 5.82 Å². The molecule has 0 N–H and O–H groups in total. The van der Waals surface area contributed by atoms with Crippen molar-refractivity contribution in [1.29, 1.82) is 0 Å². The molecule has 3 rings (SSSR count). The van der Waals surface area contributed by atoms with Crippen molar-refractivity contribution in [3.8, 4) is 22.9 Å². The molecule has 1 aromatic heterocycles. The lowest BCUT2D eigenvalue weighted by Gasteiger charge is -2.02.